The molecule has 0 radical (unpaired) electrons. The molecule has 0 amide bonds. The zero-order valence-electron chi connectivity index (χ0n) is 6.40. The number of hydrogen-bond donors (Lipinski definition) is 3. The molecule has 64 valence electrons. The number of hydrogen-bond acceptors (Lipinski definition) is 3. The largest absolute Gasteiger partial charge is 0.480 e. The van der Waals surface area contributed by atoms with Crippen LogP contribution in [0.2, 0.25) is 0 Å². The minimum absolute atomic E-state index is 0.0455. The molecule has 0 aromatic heterocycles. The second-order valence-corrected chi connectivity index (χ2v) is 2.76. The number of carboxylic acid groups (broad SMARTS) is 1. The molecule has 3 nitrogen and oxygen atoms in total. The van der Waals surface area contributed by atoms with Gasteiger partial charge in [-0.05, 0) is 17.7 Å². The van der Waals surface area contributed by atoms with Gasteiger partial charge in [0.2, 0.25) is 0 Å². The van der Waals surface area contributed by atoms with Crippen LogP contribution in [0.3, 0.4) is 0 Å². The Morgan fingerprint density at radius 1 is 1.82 bits per heavy atom. The molecular weight excluding hydrogens is 162 g/mol. The first kappa shape index (κ1) is 10.5. The van der Waals surface area contributed by atoms with E-state index in [1.165, 1.54) is 0 Å². The van der Waals surface area contributed by atoms with E-state index in [-0.39, 0.29) is 5.92 Å². The topological polar surface area (TPSA) is 63.3 Å². The summed E-state index contributed by atoms with van der Waals surface area (Å²) in [6.45, 7) is 1.80. The third-order valence-electron chi connectivity index (χ3n) is 1.51. The third kappa shape index (κ3) is 4.06. The molecule has 0 aromatic carbocycles. The van der Waals surface area contributed by atoms with Crippen molar-refractivity contribution in [1.29, 1.82) is 0 Å². The van der Waals surface area contributed by atoms with Gasteiger partial charge in [0.25, 0.3) is 0 Å². The Bertz CT molecular complexity index is 159. The number of nitrogens with two attached hydrogens (primary N) is 1. The predicted molar refractivity (Wildman–Crippen MR) is 47.5 cm³/mol. The molecule has 3 N–H and O–H groups in total. The van der Waals surface area contributed by atoms with Crippen molar-refractivity contribution >= 4 is 18.6 Å². The Hall–Kier alpha value is -0.480. The fourth-order valence-electron chi connectivity index (χ4n) is 0.666. The van der Waals surface area contributed by atoms with Crippen molar-refractivity contribution in [3.05, 3.63) is 11.5 Å². The molecule has 0 saturated heterocycles. The van der Waals surface area contributed by atoms with Gasteiger partial charge in [-0.3, -0.25) is 4.79 Å². The van der Waals surface area contributed by atoms with Crippen molar-refractivity contribution in [1.82, 2.24) is 0 Å². The Morgan fingerprint density at radius 3 is 2.73 bits per heavy atom. The van der Waals surface area contributed by atoms with E-state index in [1.807, 2.05) is 0 Å². The minimum atomic E-state index is -0.954. The number of carbonyl (C=O) groups is 1. The smallest absolute Gasteiger partial charge is 0.320 e. The standard InChI is InChI=1S/C7H13NO2S/c1-5(3-2-4-11)6(8)7(9)10/h2,4-6,11H,3,8H2,1H3,(H,9,10). The summed E-state index contributed by atoms with van der Waals surface area (Å²) in [6.07, 6.45) is 2.44. The van der Waals surface area contributed by atoms with Gasteiger partial charge in [0.05, 0.1) is 0 Å². The van der Waals surface area contributed by atoms with Crippen molar-refractivity contribution < 1.29 is 9.90 Å². The van der Waals surface area contributed by atoms with Crippen LogP contribution in [-0.2, 0) is 4.79 Å². The lowest BCUT2D eigenvalue weighted by Crippen LogP contribution is -2.36. The fraction of sp³-hybridized carbons (Fsp3) is 0.571. The van der Waals surface area contributed by atoms with Gasteiger partial charge in [-0.1, -0.05) is 13.0 Å². The average Bonchev–Trinajstić information content (AvgIpc) is 1.98. The van der Waals surface area contributed by atoms with Crippen molar-refractivity contribution in [3.63, 3.8) is 0 Å². The highest BCUT2D eigenvalue weighted by Gasteiger charge is 2.17. The molecule has 11 heavy (non-hydrogen) atoms. The second-order valence-electron chi connectivity index (χ2n) is 2.46. The Balaban J connectivity index is 3.82. The van der Waals surface area contributed by atoms with E-state index < -0.39 is 12.0 Å². The van der Waals surface area contributed by atoms with E-state index in [9.17, 15) is 4.79 Å². The maximum atomic E-state index is 10.3. The summed E-state index contributed by atoms with van der Waals surface area (Å²) >= 11 is 3.85. The number of thiol groups is 1. The van der Waals surface area contributed by atoms with Crippen molar-refractivity contribution in [3.8, 4) is 0 Å². The van der Waals surface area contributed by atoms with Crippen LogP contribution in [0, 0.1) is 5.92 Å². The molecule has 0 heterocycles. The van der Waals surface area contributed by atoms with Crippen molar-refractivity contribution in [2.75, 3.05) is 0 Å². The first-order valence-corrected chi connectivity index (χ1v) is 3.88. The summed E-state index contributed by atoms with van der Waals surface area (Å²) in [4.78, 5) is 10.3. The summed E-state index contributed by atoms with van der Waals surface area (Å²) in [5.41, 5.74) is 5.34. The molecule has 0 aromatic rings. The molecule has 4 heteroatoms. The van der Waals surface area contributed by atoms with Gasteiger partial charge < -0.3 is 10.8 Å². The monoisotopic (exact) mass is 175 g/mol. The maximum Gasteiger partial charge on any atom is 0.320 e. The second kappa shape index (κ2) is 5.21. The molecule has 0 aliphatic rings. The highest BCUT2D eigenvalue weighted by Crippen LogP contribution is 2.07. The molecule has 0 bridgehead atoms. The van der Waals surface area contributed by atoms with Crippen LogP contribution in [-0.4, -0.2) is 17.1 Å². The normalized spacial score (nSPS) is 16.6. The van der Waals surface area contributed by atoms with E-state index in [0.29, 0.717) is 6.42 Å². The molecule has 0 aliphatic heterocycles. The van der Waals surface area contributed by atoms with Gasteiger partial charge in [0.15, 0.2) is 0 Å². The maximum absolute atomic E-state index is 10.3. The molecular formula is C7H13NO2S. The Kier molecular flexibility index (Phi) is 4.98. The zero-order chi connectivity index (χ0) is 8.85. The van der Waals surface area contributed by atoms with Crippen molar-refractivity contribution in [2.24, 2.45) is 11.7 Å². The lowest BCUT2D eigenvalue weighted by Gasteiger charge is -2.12. The predicted octanol–water partition coefficient (Wildman–Crippen LogP) is 0.868. The van der Waals surface area contributed by atoms with Crippen molar-refractivity contribution in [2.45, 2.75) is 19.4 Å². The number of carboxylic acids is 1. The zero-order valence-corrected chi connectivity index (χ0v) is 7.29. The lowest BCUT2D eigenvalue weighted by atomic mass is 9.99. The highest BCUT2D eigenvalue weighted by atomic mass is 32.1. The van der Waals surface area contributed by atoms with E-state index in [2.05, 4.69) is 12.6 Å². The van der Waals surface area contributed by atoms with Crippen LogP contribution < -0.4 is 5.73 Å². The van der Waals surface area contributed by atoms with Crippen LogP contribution in [0.25, 0.3) is 0 Å². The van der Waals surface area contributed by atoms with Gasteiger partial charge in [-0.2, -0.15) is 12.6 Å². The summed E-state index contributed by atoms with van der Waals surface area (Å²) < 4.78 is 0. The van der Waals surface area contributed by atoms with Crippen LogP contribution in [0.4, 0.5) is 0 Å². The van der Waals surface area contributed by atoms with Crippen LogP contribution in [0.5, 0.6) is 0 Å². The molecule has 0 aliphatic carbocycles. The van der Waals surface area contributed by atoms with E-state index in [0.717, 1.165) is 0 Å². The number of rotatable bonds is 4. The summed E-state index contributed by atoms with van der Waals surface area (Å²) in [5, 5.41) is 10.1. The molecule has 2 unspecified atom stereocenters. The summed E-state index contributed by atoms with van der Waals surface area (Å²) in [7, 11) is 0. The summed E-state index contributed by atoms with van der Waals surface area (Å²) in [5.74, 6) is -0.999. The van der Waals surface area contributed by atoms with Gasteiger partial charge in [-0.25, -0.2) is 0 Å². The highest BCUT2D eigenvalue weighted by molar-refractivity contribution is 7.83. The Morgan fingerprint density at radius 2 is 2.36 bits per heavy atom. The first-order chi connectivity index (χ1) is 5.09. The molecule has 0 spiro atoms. The third-order valence-corrected chi connectivity index (χ3v) is 1.72. The quantitative estimate of drug-likeness (QED) is 0.555. The summed E-state index contributed by atoms with van der Waals surface area (Å²) in [6, 6.07) is -0.778. The molecule has 0 saturated carbocycles. The van der Waals surface area contributed by atoms with Gasteiger partial charge in [0.1, 0.15) is 6.04 Å². The molecule has 2 atom stereocenters. The average molecular weight is 175 g/mol. The minimum Gasteiger partial charge on any atom is -0.480 e. The van der Waals surface area contributed by atoms with Gasteiger partial charge >= 0.3 is 5.97 Å². The van der Waals surface area contributed by atoms with Gasteiger partial charge in [-0.15, -0.1) is 0 Å². The molecule has 0 fully saturated rings. The first-order valence-electron chi connectivity index (χ1n) is 3.37. The van der Waals surface area contributed by atoms with E-state index in [4.69, 9.17) is 10.8 Å². The van der Waals surface area contributed by atoms with E-state index in [1.54, 1.807) is 18.4 Å². The SMILES string of the molecule is CC(CC=CS)C(N)C(=O)O. The number of aliphatic carboxylic acids is 1. The van der Waals surface area contributed by atoms with E-state index >= 15 is 0 Å². The van der Waals surface area contributed by atoms with Crippen LogP contribution in [0.1, 0.15) is 13.3 Å². The lowest BCUT2D eigenvalue weighted by molar-refractivity contribution is -0.139. The van der Waals surface area contributed by atoms with Crippen LogP contribution in [0.15, 0.2) is 11.5 Å². The Labute approximate surface area is 71.7 Å². The molecule has 0 rings (SSSR count). The fourth-order valence-corrected chi connectivity index (χ4v) is 0.787. The van der Waals surface area contributed by atoms with Gasteiger partial charge in [0, 0.05) is 0 Å². The van der Waals surface area contributed by atoms with Crippen LogP contribution >= 0.6 is 12.6 Å². The number of allylic oxidation sites excluding steroid dienone is 1.